The predicted octanol–water partition coefficient (Wildman–Crippen LogP) is 1.44. The fourth-order valence-electron chi connectivity index (χ4n) is 2.49. The Labute approximate surface area is 120 Å². The van der Waals surface area contributed by atoms with Gasteiger partial charge in [0.2, 0.25) is 0 Å². The minimum absolute atomic E-state index is 0.137. The molecule has 4 N–H and O–H groups in total. The highest BCUT2D eigenvalue weighted by molar-refractivity contribution is 5.97. The Hall–Kier alpha value is -1.59. The average Bonchev–Trinajstić information content (AvgIpc) is 2.81. The lowest BCUT2D eigenvalue weighted by molar-refractivity contribution is 0.0792. The third-order valence-corrected chi connectivity index (χ3v) is 3.97. The summed E-state index contributed by atoms with van der Waals surface area (Å²) >= 11 is 0. The number of hydrogen-bond donors (Lipinski definition) is 3. The summed E-state index contributed by atoms with van der Waals surface area (Å²) in [6.45, 7) is 6.66. The molecule has 1 aliphatic rings. The van der Waals surface area contributed by atoms with Crippen LogP contribution in [-0.4, -0.2) is 39.6 Å². The summed E-state index contributed by atoms with van der Waals surface area (Å²) in [5, 5.41) is 17.6. The summed E-state index contributed by atoms with van der Waals surface area (Å²) < 4.78 is 1.82. The van der Waals surface area contributed by atoms with Crippen molar-refractivity contribution in [1.82, 2.24) is 9.47 Å². The van der Waals surface area contributed by atoms with Crippen LogP contribution in [0.2, 0.25) is 0 Å². The molecule has 1 fully saturated rings. The molecule has 20 heavy (non-hydrogen) atoms. The normalized spacial score (nSPS) is 18.4. The second kappa shape index (κ2) is 6.24. The molecule has 0 unspecified atom stereocenters. The van der Waals surface area contributed by atoms with Crippen LogP contribution in [0.15, 0.2) is 24.2 Å². The van der Waals surface area contributed by atoms with Crippen molar-refractivity contribution in [1.29, 1.82) is 5.41 Å². The topological polar surface area (TPSA) is 78.3 Å². The second-order valence-electron chi connectivity index (χ2n) is 5.58. The number of nitrogens with two attached hydrogens (primary N) is 1. The SMILES string of the molecule is C/C(=C/N)C(=N)n1cc(C)c(CN2CCC(O)CC2)c1. The number of rotatable bonds is 3. The van der Waals surface area contributed by atoms with Gasteiger partial charge in [0.1, 0.15) is 5.84 Å². The number of likely N-dealkylation sites (tertiary alicyclic amines) is 1. The van der Waals surface area contributed by atoms with Gasteiger partial charge < -0.3 is 15.4 Å². The highest BCUT2D eigenvalue weighted by Crippen LogP contribution is 2.17. The zero-order valence-electron chi connectivity index (χ0n) is 12.3. The van der Waals surface area contributed by atoms with Crippen molar-refractivity contribution in [3.63, 3.8) is 0 Å². The molecule has 0 saturated carbocycles. The number of aliphatic hydroxyl groups is 1. The van der Waals surface area contributed by atoms with Crippen molar-refractivity contribution in [2.75, 3.05) is 13.1 Å². The maximum atomic E-state index is 9.54. The molecule has 0 aromatic carbocycles. The van der Waals surface area contributed by atoms with E-state index in [9.17, 15) is 5.11 Å². The van der Waals surface area contributed by atoms with Crippen LogP contribution >= 0.6 is 0 Å². The van der Waals surface area contributed by atoms with E-state index >= 15 is 0 Å². The molecule has 1 aromatic rings. The first-order valence-electron chi connectivity index (χ1n) is 7.07. The van der Waals surface area contributed by atoms with Gasteiger partial charge in [-0.15, -0.1) is 0 Å². The maximum absolute atomic E-state index is 9.54. The number of piperidine rings is 1. The molecule has 5 heteroatoms. The fraction of sp³-hybridized carbons (Fsp3) is 0.533. The summed E-state index contributed by atoms with van der Waals surface area (Å²) in [6.07, 6.45) is 7.01. The summed E-state index contributed by atoms with van der Waals surface area (Å²) in [5.74, 6) is 0.413. The van der Waals surface area contributed by atoms with Crippen molar-refractivity contribution in [3.05, 3.63) is 35.3 Å². The van der Waals surface area contributed by atoms with Crippen LogP contribution in [0.3, 0.4) is 0 Å². The van der Waals surface area contributed by atoms with E-state index in [0.717, 1.165) is 38.0 Å². The first kappa shape index (κ1) is 14.8. The van der Waals surface area contributed by atoms with Crippen molar-refractivity contribution >= 4 is 5.84 Å². The van der Waals surface area contributed by atoms with Crippen LogP contribution < -0.4 is 5.73 Å². The number of allylic oxidation sites excluding steroid dienone is 1. The van der Waals surface area contributed by atoms with Crippen LogP contribution in [-0.2, 0) is 6.54 Å². The molecule has 110 valence electrons. The highest BCUT2D eigenvalue weighted by Gasteiger charge is 2.18. The van der Waals surface area contributed by atoms with Gasteiger partial charge in [0, 0.05) is 43.8 Å². The lowest BCUT2D eigenvalue weighted by Crippen LogP contribution is -2.35. The van der Waals surface area contributed by atoms with Gasteiger partial charge in [-0.3, -0.25) is 10.3 Å². The van der Waals surface area contributed by atoms with E-state index in [0.29, 0.717) is 5.84 Å². The van der Waals surface area contributed by atoms with Crippen LogP contribution in [0.1, 0.15) is 30.9 Å². The molecule has 1 saturated heterocycles. The van der Waals surface area contributed by atoms with Crippen molar-refractivity contribution in [2.24, 2.45) is 5.73 Å². The maximum Gasteiger partial charge on any atom is 0.133 e. The molecule has 0 atom stereocenters. The Kier molecular flexibility index (Phi) is 4.62. The van der Waals surface area contributed by atoms with Gasteiger partial charge >= 0.3 is 0 Å². The van der Waals surface area contributed by atoms with Gasteiger partial charge in [0.25, 0.3) is 0 Å². The molecule has 2 heterocycles. The van der Waals surface area contributed by atoms with Crippen LogP contribution in [0.4, 0.5) is 0 Å². The Morgan fingerprint density at radius 3 is 2.70 bits per heavy atom. The van der Waals surface area contributed by atoms with Gasteiger partial charge in [-0.1, -0.05) is 0 Å². The summed E-state index contributed by atoms with van der Waals surface area (Å²) in [7, 11) is 0. The number of nitrogens with one attached hydrogen (secondary N) is 1. The monoisotopic (exact) mass is 276 g/mol. The van der Waals surface area contributed by atoms with E-state index in [2.05, 4.69) is 11.8 Å². The minimum Gasteiger partial charge on any atom is -0.404 e. The first-order valence-corrected chi connectivity index (χ1v) is 7.07. The third-order valence-electron chi connectivity index (χ3n) is 3.97. The lowest BCUT2D eigenvalue weighted by Gasteiger charge is -2.29. The van der Waals surface area contributed by atoms with E-state index in [4.69, 9.17) is 11.1 Å². The molecular formula is C15H24N4O. The Balaban J connectivity index is 2.06. The molecule has 0 bridgehead atoms. The van der Waals surface area contributed by atoms with E-state index in [-0.39, 0.29) is 6.10 Å². The number of aryl methyl sites for hydroxylation is 1. The summed E-state index contributed by atoms with van der Waals surface area (Å²) in [4.78, 5) is 2.36. The van der Waals surface area contributed by atoms with E-state index in [1.54, 1.807) is 0 Å². The van der Waals surface area contributed by atoms with Gasteiger partial charge in [-0.05, 0) is 37.8 Å². The molecule has 0 aliphatic carbocycles. The standard InChI is InChI=1S/C15H24N4O/c1-11(7-16)15(17)19-8-12(2)13(10-19)9-18-5-3-14(20)4-6-18/h7-8,10,14,17,20H,3-6,9,16H2,1-2H3/b11-7-,17-15?. The zero-order valence-corrected chi connectivity index (χ0v) is 12.3. The number of aliphatic hydroxyl groups excluding tert-OH is 1. The van der Waals surface area contributed by atoms with Crippen molar-refractivity contribution in [3.8, 4) is 0 Å². The smallest absolute Gasteiger partial charge is 0.133 e. The van der Waals surface area contributed by atoms with Gasteiger partial charge in [0.05, 0.1) is 6.10 Å². The largest absolute Gasteiger partial charge is 0.404 e. The van der Waals surface area contributed by atoms with Crippen molar-refractivity contribution < 1.29 is 5.11 Å². The van der Waals surface area contributed by atoms with Crippen molar-refractivity contribution in [2.45, 2.75) is 39.3 Å². The van der Waals surface area contributed by atoms with Gasteiger partial charge in [-0.25, -0.2) is 0 Å². The Morgan fingerprint density at radius 1 is 1.45 bits per heavy atom. The summed E-state index contributed by atoms with van der Waals surface area (Å²) in [6, 6.07) is 0. The number of aromatic nitrogens is 1. The van der Waals surface area contributed by atoms with E-state index in [1.807, 2.05) is 23.9 Å². The molecule has 1 aliphatic heterocycles. The molecule has 0 radical (unpaired) electrons. The first-order chi connectivity index (χ1) is 9.51. The Bertz CT molecular complexity index is 510. The third kappa shape index (κ3) is 3.29. The minimum atomic E-state index is -0.137. The average molecular weight is 276 g/mol. The second-order valence-corrected chi connectivity index (χ2v) is 5.58. The molecule has 1 aromatic heterocycles. The zero-order chi connectivity index (χ0) is 14.7. The van der Waals surface area contributed by atoms with Crippen LogP contribution in [0, 0.1) is 12.3 Å². The molecule has 0 spiro atoms. The molecule has 5 nitrogen and oxygen atoms in total. The molecule has 0 amide bonds. The van der Waals surface area contributed by atoms with Gasteiger partial charge in [-0.2, -0.15) is 0 Å². The van der Waals surface area contributed by atoms with E-state index in [1.165, 1.54) is 17.3 Å². The Morgan fingerprint density at radius 2 is 2.10 bits per heavy atom. The molecule has 2 rings (SSSR count). The summed E-state index contributed by atoms with van der Waals surface area (Å²) in [5.41, 5.74) is 8.64. The van der Waals surface area contributed by atoms with Crippen LogP contribution in [0.5, 0.6) is 0 Å². The molecular weight excluding hydrogens is 252 g/mol. The fourth-order valence-corrected chi connectivity index (χ4v) is 2.49. The van der Waals surface area contributed by atoms with E-state index < -0.39 is 0 Å². The lowest BCUT2D eigenvalue weighted by atomic mass is 10.1. The predicted molar refractivity (Wildman–Crippen MR) is 80.8 cm³/mol. The van der Waals surface area contributed by atoms with Gasteiger partial charge in [0.15, 0.2) is 0 Å². The number of nitrogens with zero attached hydrogens (tertiary/aromatic N) is 2. The van der Waals surface area contributed by atoms with Crippen LogP contribution in [0.25, 0.3) is 0 Å². The quantitative estimate of drug-likeness (QED) is 0.577. The highest BCUT2D eigenvalue weighted by atomic mass is 16.3. The number of hydrogen-bond acceptors (Lipinski definition) is 4.